The number of nitrogens with zero attached hydrogens (tertiary/aromatic N) is 3. The number of carbonyl (C=O) groups excluding carboxylic acids is 3. The highest BCUT2D eigenvalue weighted by Gasteiger charge is 2.64. The lowest BCUT2D eigenvalue weighted by Gasteiger charge is -2.35. The summed E-state index contributed by atoms with van der Waals surface area (Å²) in [7, 11) is 0. The van der Waals surface area contributed by atoms with Gasteiger partial charge in [-0.3, -0.25) is 24.5 Å². The van der Waals surface area contributed by atoms with Crippen LogP contribution in [0.5, 0.6) is 0 Å². The maximum atomic E-state index is 13.8. The summed E-state index contributed by atoms with van der Waals surface area (Å²) in [5.74, 6) is -3.18. The topological polar surface area (TPSA) is 113 Å². The summed E-state index contributed by atoms with van der Waals surface area (Å²) in [5, 5.41) is 14.0. The molecule has 0 aliphatic carbocycles. The molecule has 0 radical (unpaired) electrons. The van der Waals surface area contributed by atoms with Crippen molar-refractivity contribution in [3.05, 3.63) is 105 Å². The van der Waals surface area contributed by atoms with Crippen molar-refractivity contribution in [3.63, 3.8) is 0 Å². The van der Waals surface area contributed by atoms with Gasteiger partial charge in [-0.25, -0.2) is 4.90 Å². The zero-order valence-corrected chi connectivity index (χ0v) is 19.9. The molecule has 2 saturated heterocycles. The van der Waals surface area contributed by atoms with E-state index in [0.29, 0.717) is 5.69 Å². The predicted octanol–water partition coefficient (Wildman–Crippen LogP) is 4.40. The Hall–Kier alpha value is -4.50. The van der Waals surface area contributed by atoms with Crippen LogP contribution in [0.4, 0.5) is 17.1 Å². The monoisotopic (exact) mass is 514 g/mol. The molecule has 4 atom stereocenters. The largest absolute Gasteiger partial charge is 0.357 e. The van der Waals surface area contributed by atoms with Gasteiger partial charge in [0.25, 0.3) is 5.69 Å². The van der Waals surface area contributed by atoms with E-state index in [-0.39, 0.29) is 22.3 Å². The summed E-state index contributed by atoms with van der Waals surface area (Å²) in [5.41, 5.74) is 2.01. The number of nitrogens with one attached hydrogen (secondary N) is 1. The molecule has 1 N–H and O–H groups in total. The van der Waals surface area contributed by atoms with Gasteiger partial charge in [0.05, 0.1) is 39.2 Å². The molecule has 3 aliphatic rings. The summed E-state index contributed by atoms with van der Waals surface area (Å²) in [6, 6.07) is 18.4. The number of hydrogen-bond donors (Lipinski definition) is 1. The molecule has 0 unspecified atom stereocenters. The minimum Gasteiger partial charge on any atom is -0.357 e. The van der Waals surface area contributed by atoms with Crippen LogP contribution in [-0.4, -0.2) is 33.6 Å². The molecule has 3 amide bonds. The zero-order chi connectivity index (χ0) is 25.8. The maximum absolute atomic E-state index is 13.8. The van der Waals surface area contributed by atoms with Gasteiger partial charge in [-0.2, -0.15) is 0 Å². The van der Waals surface area contributed by atoms with E-state index >= 15 is 0 Å². The summed E-state index contributed by atoms with van der Waals surface area (Å²) in [4.78, 5) is 54.9. The molecule has 0 spiro atoms. The normalized spacial score (nSPS) is 23.5. The highest BCUT2D eigenvalue weighted by atomic mass is 35.5. The van der Waals surface area contributed by atoms with E-state index in [0.717, 1.165) is 16.0 Å². The van der Waals surface area contributed by atoms with Crippen LogP contribution in [0.2, 0.25) is 5.02 Å². The number of anilines is 2. The van der Waals surface area contributed by atoms with E-state index in [1.807, 2.05) is 30.3 Å². The summed E-state index contributed by atoms with van der Waals surface area (Å²) in [6.45, 7) is 0. The van der Waals surface area contributed by atoms with Gasteiger partial charge in [0.1, 0.15) is 6.04 Å². The molecule has 37 heavy (non-hydrogen) atoms. The average Bonchev–Trinajstić information content (AvgIpc) is 3.38. The van der Waals surface area contributed by atoms with E-state index in [4.69, 9.17) is 11.6 Å². The second-order valence-corrected chi connectivity index (χ2v) is 9.50. The number of para-hydroxylation sites is 1. The molecule has 9 nitrogen and oxygen atoms in total. The van der Waals surface area contributed by atoms with Crippen molar-refractivity contribution in [1.29, 1.82) is 0 Å². The van der Waals surface area contributed by atoms with Crippen LogP contribution in [0, 0.1) is 22.0 Å². The van der Waals surface area contributed by atoms with E-state index in [1.165, 1.54) is 18.2 Å². The number of fused-ring (bicyclic) bond motifs is 5. The number of carbonyl (C=O) groups is 3. The Morgan fingerprint density at radius 1 is 0.946 bits per heavy atom. The number of nitro benzene ring substituents is 1. The van der Waals surface area contributed by atoms with E-state index < -0.39 is 40.7 Å². The summed E-state index contributed by atoms with van der Waals surface area (Å²) >= 11 is 6.23. The Balaban J connectivity index is 1.44. The fraction of sp³-hybridized carbons (Fsp3) is 0.148. The lowest BCUT2D eigenvalue weighted by atomic mass is 9.84. The van der Waals surface area contributed by atoms with Crippen molar-refractivity contribution >= 4 is 52.5 Å². The number of non-ortho nitro benzene ring substituents is 1. The van der Waals surface area contributed by atoms with Gasteiger partial charge in [-0.05, 0) is 35.4 Å². The lowest BCUT2D eigenvalue weighted by molar-refractivity contribution is -0.384. The molecule has 0 aromatic heterocycles. The smallest absolute Gasteiger partial charge is 0.271 e. The Labute approximate surface area is 216 Å². The number of benzene rings is 3. The van der Waals surface area contributed by atoms with Crippen LogP contribution in [0.25, 0.3) is 6.08 Å². The fourth-order valence-corrected chi connectivity index (χ4v) is 5.78. The van der Waals surface area contributed by atoms with Crippen LogP contribution >= 0.6 is 11.6 Å². The molecule has 0 saturated carbocycles. The lowest BCUT2D eigenvalue weighted by Crippen LogP contribution is -2.46. The van der Waals surface area contributed by atoms with Crippen LogP contribution in [-0.2, 0) is 14.4 Å². The Morgan fingerprint density at radius 2 is 1.65 bits per heavy atom. The molecule has 10 heteroatoms. The first-order valence-electron chi connectivity index (χ1n) is 11.6. The first-order valence-corrected chi connectivity index (χ1v) is 12.0. The summed E-state index contributed by atoms with van der Waals surface area (Å²) < 4.78 is 0. The van der Waals surface area contributed by atoms with Crippen molar-refractivity contribution in [2.24, 2.45) is 11.8 Å². The fourth-order valence-electron chi connectivity index (χ4n) is 5.62. The predicted molar refractivity (Wildman–Crippen MR) is 136 cm³/mol. The second-order valence-electron chi connectivity index (χ2n) is 9.09. The molecule has 0 bridgehead atoms. The number of nitro groups is 1. The highest BCUT2D eigenvalue weighted by molar-refractivity contribution is 6.34. The number of amides is 3. The van der Waals surface area contributed by atoms with Crippen LogP contribution in [0.3, 0.4) is 0 Å². The first-order chi connectivity index (χ1) is 17.9. The van der Waals surface area contributed by atoms with Crippen molar-refractivity contribution < 1.29 is 19.3 Å². The number of halogens is 1. The van der Waals surface area contributed by atoms with E-state index in [2.05, 4.69) is 5.32 Å². The highest BCUT2D eigenvalue weighted by Crippen LogP contribution is 2.53. The first kappa shape index (κ1) is 22.9. The van der Waals surface area contributed by atoms with Gasteiger partial charge in [0.2, 0.25) is 17.7 Å². The Morgan fingerprint density at radius 3 is 2.41 bits per heavy atom. The standard InChI is InChI=1S/C27H19ClN4O5/c28-19-11-10-17(32(36)37)14-20(19)29-25(33)24-22-21(23-18-9-5-4-6-15(18)12-13-30(23)24)26(34)31(27(22)35)16-7-2-1-3-8-16/h1-14,21-24H,(H,29,33)/t21-,22+,23-,24-/m0/s1. The zero-order valence-electron chi connectivity index (χ0n) is 19.2. The van der Waals surface area contributed by atoms with Crippen LogP contribution in [0.15, 0.2) is 79.0 Å². The van der Waals surface area contributed by atoms with Crippen molar-refractivity contribution in [1.82, 2.24) is 4.90 Å². The third-order valence-electron chi connectivity index (χ3n) is 7.16. The van der Waals surface area contributed by atoms with Gasteiger partial charge < -0.3 is 10.2 Å². The molecular weight excluding hydrogens is 496 g/mol. The van der Waals surface area contributed by atoms with Gasteiger partial charge in [0.15, 0.2) is 0 Å². The molecular formula is C27H19ClN4O5. The molecule has 3 aromatic rings. The van der Waals surface area contributed by atoms with Gasteiger partial charge in [-0.1, -0.05) is 54.1 Å². The van der Waals surface area contributed by atoms with Gasteiger partial charge >= 0.3 is 0 Å². The SMILES string of the molecule is O=C(Nc1cc([N+](=O)[O-])ccc1Cl)[C@@H]1[C@@H]2C(=O)N(c3ccccc3)C(=O)[C@@H]2[C@@H]2c3ccccc3C=CN12. The van der Waals surface area contributed by atoms with Crippen LogP contribution in [0.1, 0.15) is 17.2 Å². The van der Waals surface area contributed by atoms with Crippen molar-refractivity contribution in [3.8, 4) is 0 Å². The second kappa shape index (κ2) is 8.56. The quantitative estimate of drug-likeness (QED) is 0.313. The van der Waals surface area contributed by atoms with Crippen LogP contribution < -0.4 is 10.2 Å². The Bertz CT molecular complexity index is 1510. The van der Waals surface area contributed by atoms with E-state index in [1.54, 1.807) is 41.4 Å². The van der Waals surface area contributed by atoms with E-state index in [9.17, 15) is 24.5 Å². The van der Waals surface area contributed by atoms with Gasteiger partial charge in [-0.15, -0.1) is 0 Å². The molecule has 2 fully saturated rings. The minimum absolute atomic E-state index is 0.0546. The summed E-state index contributed by atoms with van der Waals surface area (Å²) in [6.07, 6.45) is 3.58. The number of imide groups is 1. The third kappa shape index (κ3) is 3.50. The number of rotatable bonds is 4. The molecule has 3 heterocycles. The third-order valence-corrected chi connectivity index (χ3v) is 7.49. The maximum Gasteiger partial charge on any atom is 0.271 e. The minimum atomic E-state index is -1.04. The molecule has 3 aliphatic heterocycles. The van der Waals surface area contributed by atoms with Crippen molar-refractivity contribution in [2.45, 2.75) is 12.1 Å². The number of hydrogen-bond acceptors (Lipinski definition) is 6. The average molecular weight is 515 g/mol. The van der Waals surface area contributed by atoms with Gasteiger partial charge in [0, 0.05) is 18.3 Å². The van der Waals surface area contributed by atoms with Crippen molar-refractivity contribution in [2.75, 3.05) is 10.2 Å². The molecule has 184 valence electrons. The Kier molecular flexibility index (Phi) is 5.31. The molecule has 3 aromatic carbocycles. The molecule has 6 rings (SSSR count).